The monoisotopic (exact) mass is 360 g/mol. The summed E-state index contributed by atoms with van der Waals surface area (Å²) in [6.07, 6.45) is 0. The van der Waals surface area contributed by atoms with Crippen molar-refractivity contribution < 1.29 is 18.7 Å². The van der Waals surface area contributed by atoms with E-state index in [0.29, 0.717) is 16.9 Å². The van der Waals surface area contributed by atoms with Crippen LogP contribution < -0.4 is 4.74 Å². The number of rotatable bonds is 4. The maximum absolute atomic E-state index is 12.4. The van der Waals surface area contributed by atoms with Crippen molar-refractivity contribution in [2.24, 2.45) is 0 Å². The molecular weight excluding hydrogens is 348 g/mol. The minimum atomic E-state index is -0.537. The van der Waals surface area contributed by atoms with Gasteiger partial charge in [0, 0.05) is 22.5 Å². The number of esters is 1. The summed E-state index contributed by atoms with van der Waals surface area (Å²) in [5.41, 5.74) is 1.33. The van der Waals surface area contributed by atoms with Crippen molar-refractivity contribution in [1.29, 1.82) is 0 Å². The van der Waals surface area contributed by atoms with E-state index in [9.17, 15) is 4.79 Å². The zero-order valence-electron chi connectivity index (χ0n) is 11.8. The van der Waals surface area contributed by atoms with E-state index in [1.165, 1.54) is 0 Å². The van der Waals surface area contributed by atoms with Gasteiger partial charge >= 0.3 is 5.97 Å². The lowest BCUT2D eigenvalue weighted by atomic mass is 10.1. The van der Waals surface area contributed by atoms with Crippen molar-refractivity contribution in [1.82, 2.24) is 0 Å². The number of para-hydroxylation sites is 1. The molecule has 112 valence electrons. The first kappa shape index (κ1) is 14.8. The quantitative estimate of drug-likeness (QED) is 0.505. The zero-order chi connectivity index (χ0) is 15.5. The molecule has 0 aliphatic heterocycles. The molecule has 0 spiro atoms. The summed E-state index contributed by atoms with van der Waals surface area (Å²) in [6, 6.07) is 14.5. The molecule has 1 aromatic heterocycles. The SMILES string of the molecule is COCc1c(C(=O)Oc2ccc(Br)cc2)oc2ccccc12. The van der Waals surface area contributed by atoms with Crippen LogP contribution in [0.15, 0.2) is 57.4 Å². The second-order valence-electron chi connectivity index (χ2n) is 4.68. The molecule has 3 rings (SSSR count). The highest BCUT2D eigenvalue weighted by Gasteiger charge is 2.22. The van der Waals surface area contributed by atoms with Crippen LogP contribution in [0.25, 0.3) is 11.0 Å². The molecule has 0 aliphatic rings. The van der Waals surface area contributed by atoms with Crippen LogP contribution in [0.1, 0.15) is 16.1 Å². The normalized spacial score (nSPS) is 10.8. The van der Waals surface area contributed by atoms with E-state index in [1.54, 1.807) is 31.4 Å². The number of ether oxygens (including phenoxy) is 2. The molecule has 5 heteroatoms. The third-order valence-electron chi connectivity index (χ3n) is 3.20. The topological polar surface area (TPSA) is 48.7 Å². The Morgan fingerprint density at radius 3 is 2.59 bits per heavy atom. The Balaban J connectivity index is 1.96. The highest BCUT2D eigenvalue weighted by molar-refractivity contribution is 9.10. The number of carbonyl (C=O) groups is 1. The van der Waals surface area contributed by atoms with Crippen LogP contribution in [0.4, 0.5) is 0 Å². The lowest BCUT2D eigenvalue weighted by Crippen LogP contribution is -2.10. The van der Waals surface area contributed by atoms with Gasteiger partial charge in [-0.1, -0.05) is 34.1 Å². The fourth-order valence-corrected chi connectivity index (χ4v) is 2.47. The highest BCUT2D eigenvalue weighted by Crippen LogP contribution is 2.28. The summed E-state index contributed by atoms with van der Waals surface area (Å²) in [4.78, 5) is 12.4. The van der Waals surface area contributed by atoms with E-state index in [2.05, 4.69) is 15.9 Å². The molecular formula is C17H13BrO4. The average Bonchev–Trinajstić information content (AvgIpc) is 2.89. The second kappa shape index (κ2) is 6.34. The number of methoxy groups -OCH3 is 1. The molecule has 0 fully saturated rings. The number of fused-ring (bicyclic) bond motifs is 1. The Labute approximate surface area is 135 Å². The first-order valence-electron chi connectivity index (χ1n) is 6.66. The van der Waals surface area contributed by atoms with Gasteiger partial charge in [-0.15, -0.1) is 0 Å². The molecule has 0 radical (unpaired) electrons. The van der Waals surface area contributed by atoms with Crippen LogP contribution in [0.5, 0.6) is 5.75 Å². The molecule has 3 aromatic rings. The summed E-state index contributed by atoms with van der Waals surface area (Å²) in [5, 5.41) is 0.854. The lowest BCUT2D eigenvalue weighted by molar-refractivity contribution is 0.0697. The maximum atomic E-state index is 12.4. The number of halogens is 1. The van der Waals surface area contributed by atoms with Gasteiger partial charge in [0.15, 0.2) is 0 Å². The molecule has 4 nitrogen and oxygen atoms in total. The molecule has 1 heterocycles. The Morgan fingerprint density at radius 1 is 1.14 bits per heavy atom. The van der Waals surface area contributed by atoms with E-state index < -0.39 is 5.97 Å². The van der Waals surface area contributed by atoms with E-state index in [0.717, 1.165) is 9.86 Å². The van der Waals surface area contributed by atoms with E-state index in [-0.39, 0.29) is 12.4 Å². The molecule has 0 saturated carbocycles. The number of furan rings is 1. The van der Waals surface area contributed by atoms with Gasteiger partial charge in [-0.25, -0.2) is 4.79 Å². The van der Waals surface area contributed by atoms with E-state index >= 15 is 0 Å². The Morgan fingerprint density at radius 2 is 1.86 bits per heavy atom. The van der Waals surface area contributed by atoms with Crippen molar-refractivity contribution in [2.45, 2.75) is 6.61 Å². The van der Waals surface area contributed by atoms with Gasteiger partial charge in [0.25, 0.3) is 0 Å². The van der Waals surface area contributed by atoms with Crippen molar-refractivity contribution in [2.75, 3.05) is 7.11 Å². The Kier molecular flexibility index (Phi) is 4.27. The van der Waals surface area contributed by atoms with E-state index in [1.807, 2.05) is 24.3 Å². The van der Waals surface area contributed by atoms with Crippen LogP contribution >= 0.6 is 15.9 Å². The van der Waals surface area contributed by atoms with E-state index in [4.69, 9.17) is 13.9 Å². The minimum Gasteiger partial charge on any atom is -0.449 e. The van der Waals surface area contributed by atoms with Gasteiger partial charge in [0.2, 0.25) is 5.76 Å². The highest BCUT2D eigenvalue weighted by atomic mass is 79.9. The van der Waals surface area contributed by atoms with Crippen molar-refractivity contribution in [3.8, 4) is 5.75 Å². The van der Waals surface area contributed by atoms with Crippen LogP contribution in [-0.4, -0.2) is 13.1 Å². The molecule has 0 saturated heterocycles. The smallest absolute Gasteiger partial charge is 0.380 e. The molecule has 0 bridgehead atoms. The minimum absolute atomic E-state index is 0.172. The fourth-order valence-electron chi connectivity index (χ4n) is 2.21. The standard InChI is InChI=1S/C17H13BrO4/c1-20-10-14-13-4-2-3-5-15(13)22-16(14)17(19)21-12-8-6-11(18)7-9-12/h2-9H,10H2,1H3. The van der Waals surface area contributed by atoms with Gasteiger partial charge in [0.1, 0.15) is 11.3 Å². The number of benzene rings is 2. The van der Waals surface area contributed by atoms with Gasteiger partial charge in [-0.05, 0) is 30.3 Å². The Bertz CT molecular complexity index is 805. The van der Waals surface area contributed by atoms with Crippen LogP contribution in [0, 0.1) is 0 Å². The summed E-state index contributed by atoms with van der Waals surface area (Å²) in [7, 11) is 1.58. The largest absolute Gasteiger partial charge is 0.449 e. The summed E-state index contributed by atoms with van der Waals surface area (Å²) < 4.78 is 17.1. The third-order valence-corrected chi connectivity index (χ3v) is 3.73. The van der Waals surface area contributed by atoms with Crippen molar-refractivity contribution in [3.05, 3.63) is 64.3 Å². The summed E-state index contributed by atoms with van der Waals surface area (Å²) in [6.45, 7) is 0.280. The van der Waals surface area contributed by atoms with Gasteiger partial charge in [0.05, 0.1) is 6.61 Å². The zero-order valence-corrected chi connectivity index (χ0v) is 13.4. The molecule has 0 N–H and O–H groups in total. The molecule has 0 amide bonds. The van der Waals surface area contributed by atoms with Gasteiger partial charge in [-0.2, -0.15) is 0 Å². The Hall–Kier alpha value is -2.11. The van der Waals surface area contributed by atoms with Crippen molar-refractivity contribution in [3.63, 3.8) is 0 Å². The molecule has 22 heavy (non-hydrogen) atoms. The summed E-state index contributed by atoms with van der Waals surface area (Å²) >= 11 is 3.34. The molecule has 0 atom stereocenters. The van der Waals surface area contributed by atoms with Gasteiger partial charge < -0.3 is 13.9 Å². The third kappa shape index (κ3) is 2.91. The lowest BCUT2D eigenvalue weighted by Gasteiger charge is -2.04. The maximum Gasteiger partial charge on any atom is 0.380 e. The van der Waals surface area contributed by atoms with Crippen LogP contribution in [0.2, 0.25) is 0 Å². The fraction of sp³-hybridized carbons (Fsp3) is 0.118. The molecule has 0 aliphatic carbocycles. The number of hydrogen-bond donors (Lipinski definition) is 0. The summed E-state index contributed by atoms with van der Waals surface area (Å²) in [5.74, 6) is 0.0913. The predicted octanol–water partition coefficient (Wildman–Crippen LogP) is 4.56. The second-order valence-corrected chi connectivity index (χ2v) is 5.60. The number of hydrogen-bond acceptors (Lipinski definition) is 4. The first-order valence-corrected chi connectivity index (χ1v) is 7.45. The first-order chi connectivity index (χ1) is 10.7. The van der Waals surface area contributed by atoms with Crippen LogP contribution in [0.3, 0.4) is 0 Å². The average molecular weight is 361 g/mol. The molecule has 0 unspecified atom stereocenters. The van der Waals surface area contributed by atoms with Crippen molar-refractivity contribution >= 4 is 32.9 Å². The predicted molar refractivity (Wildman–Crippen MR) is 86.0 cm³/mol. The number of carbonyl (C=O) groups excluding carboxylic acids is 1. The molecule has 2 aromatic carbocycles. The van der Waals surface area contributed by atoms with Gasteiger partial charge in [-0.3, -0.25) is 0 Å². The van der Waals surface area contributed by atoms with Crippen LogP contribution in [-0.2, 0) is 11.3 Å².